The highest BCUT2D eigenvalue weighted by Gasteiger charge is 2.22. The average molecular weight is 422 g/mol. The molecule has 0 fully saturated rings. The molecule has 10 heteroatoms. The molecule has 156 valence electrons. The molecule has 2 amide bonds. The van der Waals surface area contributed by atoms with Crippen molar-refractivity contribution in [3.8, 4) is 5.69 Å². The van der Waals surface area contributed by atoms with Crippen LogP contribution in [0, 0.1) is 6.92 Å². The molecular formula is C19H24ClN5O4. The second-order valence-electron chi connectivity index (χ2n) is 7.53. The quantitative estimate of drug-likeness (QED) is 0.712. The lowest BCUT2D eigenvalue weighted by atomic mass is 10.1. The van der Waals surface area contributed by atoms with E-state index in [4.69, 9.17) is 16.3 Å². The lowest BCUT2D eigenvalue weighted by Gasteiger charge is -2.23. The number of halogens is 1. The summed E-state index contributed by atoms with van der Waals surface area (Å²) in [4.78, 5) is 38.8. The standard InChI is InChI=1S/C19H24ClN5O4/c1-12-17(23-25(22-12)14-8-6-7-13(20)9-14)18(28)29-11-16(27)24(5)10-15(26)21-19(2,3)4/h6-9H,10-11H2,1-5H3,(H,21,26). The molecule has 0 spiro atoms. The van der Waals surface area contributed by atoms with Gasteiger partial charge < -0.3 is 15.0 Å². The molecule has 0 unspecified atom stereocenters. The van der Waals surface area contributed by atoms with Gasteiger partial charge in [-0.2, -0.15) is 9.90 Å². The summed E-state index contributed by atoms with van der Waals surface area (Å²) in [7, 11) is 1.46. The summed E-state index contributed by atoms with van der Waals surface area (Å²) in [5, 5.41) is 11.6. The number of nitrogens with one attached hydrogen (secondary N) is 1. The van der Waals surface area contributed by atoms with E-state index >= 15 is 0 Å². The van der Waals surface area contributed by atoms with Crippen molar-refractivity contribution in [2.45, 2.75) is 33.2 Å². The molecule has 1 N–H and O–H groups in total. The minimum Gasteiger partial charge on any atom is -0.451 e. The van der Waals surface area contributed by atoms with Crippen LogP contribution in [0.5, 0.6) is 0 Å². The van der Waals surface area contributed by atoms with Crippen molar-refractivity contribution >= 4 is 29.4 Å². The normalized spacial score (nSPS) is 11.1. The van der Waals surface area contributed by atoms with Gasteiger partial charge in [-0.05, 0) is 45.9 Å². The fraction of sp³-hybridized carbons (Fsp3) is 0.421. The molecule has 1 heterocycles. The fourth-order valence-electron chi connectivity index (χ4n) is 2.35. The Hall–Kier alpha value is -2.94. The molecule has 0 bridgehead atoms. The maximum atomic E-state index is 12.3. The SMILES string of the molecule is Cc1nn(-c2cccc(Cl)c2)nc1C(=O)OCC(=O)N(C)CC(=O)NC(C)(C)C. The summed E-state index contributed by atoms with van der Waals surface area (Å²) < 4.78 is 5.04. The highest BCUT2D eigenvalue weighted by atomic mass is 35.5. The first kappa shape index (κ1) is 22.4. The first-order valence-electron chi connectivity index (χ1n) is 8.88. The molecule has 29 heavy (non-hydrogen) atoms. The zero-order chi connectivity index (χ0) is 21.8. The number of amides is 2. The van der Waals surface area contributed by atoms with Gasteiger partial charge in [-0.25, -0.2) is 4.79 Å². The highest BCUT2D eigenvalue weighted by molar-refractivity contribution is 6.30. The van der Waals surface area contributed by atoms with Gasteiger partial charge in [0.15, 0.2) is 12.3 Å². The largest absolute Gasteiger partial charge is 0.451 e. The maximum Gasteiger partial charge on any atom is 0.361 e. The number of hydrogen-bond acceptors (Lipinski definition) is 6. The van der Waals surface area contributed by atoms with Gasteiger partial charge in [-0.1, -0.05) is 17.7 Å². The zero-order valence-corrected chi connectivity index (χ0v) is 17.8. The first-order valence-corrected chi connectivity index (χ1v) is 9.26. The van der Waals surface area contributed by atoms with Crippen LogP contribution in [0.15, 0.2) is 24.3 Å². The monoisotopic (exact) mass is 421 g/mol. The third kappa shape index (κ3) is 6.56. The molecular weight excluding hydrogens is 398 g/mol. The van der Waals surface area contributed by atoms with Gasteiger partial charge >= 0.3 is 5.97 Å². The molecule has 0 aliphatic heterocycles. The summed E-state index contributed by atoms with van der Waals surface area (Å²) in [6.45, 7) is 6.48. The Labute approximate surface area is 174 Å². The van der Waals surface area contributed by atoms with E-state index in [0.29, 0.717) is 16.4 Å². The number of rotatable bonds is 6. The molecule has 0 saturated carbocycles. The molecule has 2 rings (SSSR count). The number of aromatic nitrogens is 3. The molecule has 0 aliphatic rings. The van der Waals surface area contributed by atoms with Crippen molar-refractivity contribution < 1.29 is 19.1 Å². The lowest BCUT2D eigenvalue weighted by molar-refractivity contribution is -0.137. The minimum absolute atomic E-state index is 0.00842. The Balaban J connectivity index is 1.95. The first-order chi connectivity index (χ1) is 13.5. The van der Waals surface area contributed by atoms with Crippen LogP contribution in [0.2, 0.25) is 5.02 Å². The predicted octanol–water partition coefficient (Wildman–Crippen LogP) is 1.76. The Morgan fingerprint density at radius 1 is 1.24 bits per heavy atom. The number of aryl methyl sites for hydroxylation is 1. The van der Waals surface area contributed by atoms with Gasteiger partial charge in [-0.3, -0.25) is 9.59 Å². The number of carbonyl (C=O) groups is 3. The molecule has 0 saturated heterocycles. The van der Waals surface area contributed by atoms with Gasteiger partial charge in [0.25, 0.3) is 5.91 Å². The smallest absolute Gasteiger partial charge is 0.361 e. The van der Waals surface area contributed by atoms with Crippen LogP contribution in [0.4, 0.5) is 0 Å². The van der Waals surface area contributed by atoms with Crippen LogP contribution in [-0.4, -0.2) is 63.4 Å². The van der Waals surface area contributed by atoms with Crippen molar-refractivity contribution in [3.05, 3.63) is 40.7 Å². The molecule has 0 atom stereocenters. The third-order valence-electron chi connectivity index (χ3n) is 3.66. The zero-order valence-electron chi connectivity index (χ0n) is 17.0. The van der Waals surface area contributed by atoms with E-state index in [1.165, 1.54) is 16.7 Å². The molecule has 2 aromatic rings. The van der Waals surface area contributed by atoms with Gasteiger partial charge in [0.05, 0.1) is 17.9 Å². The summed E-state index contributed by atoms with van der Waals surface area (Å²) in [6.07, 6.45) is 0. The molecule has 9 nitrogen and oxygen atoms in total. The van der Waals surface area contributed by atoms with Crippen LogP contribution in [0.25, 0.3) is 5.69 Å². The predicted molar refractivity (Wildman–Crippen MR) is 107 cm³/mol. The topological polar surface area (TPSA) is 106 Å². The van der Waals surface area contributed by atoms with Crippen molar-refractivity contribution in [2.24, 2.45) is 0 Å². The Bertz CT molecular complexity index is 920. The summed E-state index contributed by atoms with van der Waals surface area (Å²) in [5.74, 6) is -1.60. The number of carbonyl (C=O) groups excluding carboxylic acids is 3. The molecule has 1 aromatic heterocycles. The summed E-state index contributed by atoms with van der Waals surface area (Å²) in [5.41, 5.74) is 0.520. The number of hydrogen-bond donors (Lipinski definition) is 1. The van der Waals surface area contributed by atoms with Crippen LogP contribution >= 0.6 is 11.6 Å². The van der Waals surface area contributed by atoms with Gasteiger partial charge in [-0.15, -0.1) is 5.10 Å². The van der Waals surface area contributed by atoms with E-state index in [-0.39, 0.29) is 18.1 Å². The fourth-order valence-corrected chi connectivity index (χ4v) is 2.54. The average Bonchev–Trinajstić information content (AvgIpc) is 2.99. The number of likely N-dealkylation sites (N-methyl/N-ethyl adjacent to an activating group) is 1. The van der Waals surface area contributed by atoms with E-state index in [0.717, 1.165) is 0 Å². The Morgan fingerprint density at radius 2 is 1.93 bits per heavy atom. The maximum absolute atomic E-state index is 12.3. The second-order valence-corrected chi connectivity index (χ2v) is 7.96. The lowest BCUT2D eigenvalue weighted by Crippen LogP contribution is -2.46. The molecule has 0 radical (unpaired) electrons. The Kier molecular flexibility index (Phi) is 6.97. The second kappa shape index (κ2) is 9.04. The Morgan fingerprint density at radius 3 is 2.55 bits per heavy atom. The molecule has 1 aromatic carbocycles. The van der Waals surface area contributed by atoms with Crippen molar-refractivity contribution in [3.63, 3.8) is 0 Å². The molecule has 0 aliphatic carbocycles. The summed E-state index contributed by atoms with van der Waals surface area (Å²) >= 11 is 5.96. The van der Waals surface area contributed by atoms with Crippen LogP contribution < -0.4 is 5.32 Å². The van der Waals surface area contributed by atoms with Gasteiger partial charge in [0.1, 0.15) is 0 Å². The van der Waals surface area contributed by atoms with Gasteiger partial charge in [0, 0.05) is 17.6 Å². The van der Waals surface area contributed by atoms with Crippen LogP contribution in [0.1, 0.15) is 37.0 Å². The van der Waals surface area contributed by atoms with Crippen molar-refractivity contribution in [1.82, 2.24) is 25.2 Å². The number of ether oxygens (including phenoxy) is 1. The number of esters is 1. The van der Waals surface area contributed by atoms with E-state index in [1.807, 2.05) is 20.8 Å². The van der Waals surface area contributed by atoms with E-state index in [9.17, 15) is 14.4 Å². The van der Waals surface area contributed by atoms with Crippen LogP contribution in [0.3, 0.4) is 0 Å². The highest BCUT2D eigenvalue weighted by Crippen LogP contribution is 2.14. The third-order valence-corrected chi connectivity index (χ3v) is 3.90. The van der Waals surface area contributed by atoms with Crippen molar-refractivity contribution in [1.29, 1.82) is 0 Å². The van der Waals surface area contributed by atoms with Gasteiger partial charge in [0.2, 0.25) is 5.91 Å². The van der Waals surface area contributed by atoms with Crippen LogP contribution in [-0.2, 0) is 14.3 Å². The minimum atomic E-state index is -0.781. The van der Waals surface area contributed by atoms with Crippen molar-refractivity contribution in [2.75, 3.05) is 20.2 Å². The number of benzene rings is 1. The van der Waals surface area contributed by atoms with E-state index in [2.05, 4.69) is 15.5 Å². The summed E-state index contributed by atoms with van der Waals surface area (Å²) in [6, 6.07) is 6.83. The number of nitrogens with zero attached hydrogens (tertiary/aromatic N) is 4. The van der Waals surface area contributed by atoms with E-state index in [1.54, 1.807) is 31.2 Å². The van der Waals surface area contributed by atoms with E-state index < -0.39 is 24.0 Å².